The van der Waals surface area contributed by atoms with Gasteiger partial charge in [-0.05, 0) is 39.7 Å². The molecule has 0 rings (SSSR count). The van der Waals surface area contributed by atoms with Crippen molar-refractivity contribution in [1.82, 2.24) is 9.80 Å². The number of carbonyl (C=O) groups is 2. The van der Waals surface area contributed by atoms with Crippen molar-refractivity contribution in [2.75, 3.05) is 46.4 Å². The summed E-state index contributed by atoms with van der Waals surface area (Å²) in [7, 11) is 2.01. The van der Waals surface area contributed by atoms with Gasteiger partial charge in [-0.25, -0.2) is 0 Å². The van der Waals surface area contributed by atoms with Crippen molar-refractivity contribution in [1.29, 1.82) is 0 Å². The van der Waals surface area contributed by atoms with E-state index in [2.05, 4.69) is 39.5 Å². The van der Waals surface area contributed by atoms with Crippen LogP contribution in [0.3, 0.4) is 0 Å². The Kier molecular flexibility index (Phi) is 67.5. The van der Waals surface area contributed by atoms with Gasteiger partial charge in [0.1, 0.15) is 6.61 Å². The minimum absolute atomic E-state index is 0. The molecule has 1 unspecified atom stereocenters. The fourth-order valence-electron chi connectivity index (χ4n) is 3.14. The van der Waals surface area contributed by atoms with E-state index < -0.39 is 0 Å². The third kappa shape index (κ3) is 44.8. The van der Waals surface area contributed by atoms with E-state index in [1.54, 1.807) is 4.90 Å². The minimum Gasteiger partial charge on any atom is -0.464 e. The van der Waals surface area contributed by atoms with Gasteiger partial charge in [0.15, 0.2) is 0 Å². The Morgan fingerprint density at radius 2 is 1.40 bits per heavy atom. The molecule has 0 saturated heterocycles. The Labute approximate surface area is 277 Å². The molecular formula is C32H72N2O4V2. The number of allylic oxidation sites excluding steroid dienone is 2. The summed E-state index contributed by atoms with van der Waals surface area (Å²) in [5.41, 5.74) is 0. The maximum Gasteiger partial charge on any atom is 0.308 e. The van der Waals surface area contributed by atoms with Gasteiger partial charge in [-0.1, -0.05) is 107 Å². The fourth-order valence-corrected chi connectivity index (χ4v) is 3.14. The first-order valence-corrected chi connectivity index (χ1v) is 15.5. The van der Waals surface area contributed by atoms with Crippen molar-refractivity contribution >= 4 is 11.9 Å². The molecule has 0 aliphatic carbocycles. The molecule has 0 aromatic rings. The summed E-state index contributed by atoms with van der Waals surface area (Å²) in [6.07, 6.45) is 10.6. The number of nitrogens with zero attached hydrogens (tertiary/aromatic N) is 2. The number of hydrogen-bond acceptors (Lipinski definition) is 5. The summed E-state index contributed by atoms with van der Waals surface area (Å²) >= 11 is 0. The molecule has 8 heteroatoms. The van der Waals surface area contributed by atoms with E-state index in [-0.39, 0.29) is 76.1 Å². The van der Waals surface area contributed by atoms with Crippen molar-refractivity contribution < 1.29 is 58.0 Å². The Hall–Kier alpha value is -0.231. The molecule has 0 fully saturated rings. The third-order valence-corrected chi connectivity index (χ3v) is 5.03. The van der Waals surface area contributed by atoms with Crippen LogP contribution in [0.25, 0.3) is 0 Å². The van der Waals surface area contributed by atoms with Crippen molar-refractivity contribution in [3.8, 4) is 0 Å². The maximum atomic E-state index is 12.4. The van der Waals surface area contributed by atoms with Crippen molar-refractivity contribution in [2.24, 2.45) is 11.8 Å². The van der Waals surface area contributed by atoms with E-state index in [1.807, 2.05) is 67.7 Å². The summed E-state index contributed by atoms with van der Waals surface area (Å²) in [5.74, 6) is 0.331. The van der Waals surface area contributed by atoms with Gasteiger partial charge >= 0.3 is 5.97 Å². The largest absolute Gasteiger partial charge is 0.464 e. The maximum absolute atomic E-state index is 12.4. The van der Waals surface area contributed by atoms with Crippen LogP contribution in [0.2, 0.25) is 0 Å². The number of ether oxygens (including phenoxy) is 1. The molecule has 1 atom stereocenters. The van der Waals surface area contributed by atoms with Crippen LogP contribution in [0.15, 0.2) is 12.2 Å². The summed E-state index contributed by atoms with van der Waals surface area (Å²) in [6.45, 7) is 27.1. The first-order valence-electron chi connectivity index (χ1n) is 15.5. The Balaban J connectivity index is -0.000000112. The van der Waals surface area contributed by atoms with Crippen LogP contribution in [0.1, 0.15) is 129 Å². The van der Waals surface area contributed by atoms with E-state index >= 15 is 0 Å². The van der Waals surface area contributed by atoms with Crippen molar-refractivity contribution in [2.45, 2.75) is 128 Å². The molecule has 0 aliphatic heterocycles. The average molecular weight is 651 g/mol. The van der Waals surface area contributed by atoms with Crippen LogP contribution >= 0.6 is 0 Å². The van der Waals surface area contributed by atoms with Gasteiger partial charge in [-0.15, -0.1) is 0 Å². The van der Waals surface area contributed by atoms with E-state index in [0.717, 1.165) is 38.6 Å². The number of carbonyl (C=O) groups excluding carboxylic acids is 2. The van der Waals surface area contributed by atoms with Gasteiger partial charge < -0.3 is 19.6 Å². The van der Waals surface area contributed by atoms with Gasteiger partial charge in [0, 0.05) is 64.6 Å². The minimum atomic E-state index is -0.165. The summed E-state index contributed by atoms with van der Waals surface area (Å²) < 4.78 is 5.41. The Morgan fingerprint density at radius 1 is 0.900 bits per heavy atom. The van der Waals surface area contributed by atoms with Crippen LogP contribution in [-0.4, -0.2) is 73.2 Å². The van der Waals surface area contributed by atoms with Gasteiger partial charge in [-0.2, -0.15) is 0 Å². The number of rotatable bonds is 16. The second kappa shape index (κ2) is 48.5. The molecule has 0 aliphatic rings. The van der Waals surface area contributed by atoms with E-state index in [4.69, 9.17) is 4.74 Å². The summed E-state index contributed by atoms with van der Waals surface area (Å²) in [6, 6.07) is 0. The Morgan fingerprint density at radius 3 is 1.77 bits per heavy atom. The molecular weight excluding hydrogens is 578 g/mol. The van der Waals surface area contributed by atoms with Crippen LogP contribution in [-0.2, 0) is 51.4 Å². The normalized spacial score (nSPS) is 10.1. The molecule has 244 valence electrons. The standard InChI is InChI=1S/C21H42N2O4.C4H8.C3H8.2C2H6.2V.H2/c1-6-8-9-10-19(7-2)21(26)27-16-14-23(13-15-24)20(25)11-12-22(5)17-18(3)4;1-3-4-2;1-3-2;2*1-2;;;/h18-19,24H,6-17H2,1-5H3;3-4H,1-2H3;3H2,1-2H3;2*1-2H3;;;1H/b;4-3-;;;;;;. The number of unbranched alkanes of at least 4 members (excludes halogenated alkanes) is 2. The molecule has 1 N–H and O–H groups in total. The quantitative estimate of drug-likeness (QED) is 0.104. The zero-order chi connectivity index (χ0) is 30.8. The first kappa shape index (κ1) is 55.7. The SMILES string of the molecule is C/C=C\C.CC.CC.CCC.CCCCCC(CC)C(=O)OCCN(CCO)C(=O)CCN(C)CC(C)C.[HH].[V].[V]. The topological polar surface area (TPSA) is 70.1 Å². The predicted molar refractivity (Wildman–Crippen MR) is 171 cm³/mol. The van der Waals surface area contributed by atoms with Crippen LogP contribution < -0.4 is 0 Å². The molecule has 2 radical (unpaired) electrons. The molecule has 0 saturated carbocycles. The molecule has 0 aromatic carbocycles. The molecule has 0 aromatic heterocycles. The van der Waals surface area contributed by atoms with Gasteiger partial charge in [-0.3, -0.25) is 9.59 Å². The van der Waals surface area contributed by atoms with E-state index in [0.29, 0.717) is 25.4 Å². The van der Waals surface area contributed by atoms with Crippen LogP contribution in [0.4, 0.5) is 0 Å². The van der Waals surface area contributed by atoms with Crippen LogP contribution in [0.5, 0.6) is 0 Å². The monoisotopic (exact) mass is 650 g/mol. The number of aliphatic hydroxyl groups excluding tert-OH is 1. The number of hydrogen-bond donors (Lipinski definition) is 1. The molecule has 0 spiro atoms. The number of amides is 1. The molecule has 0 heterocycles. The Bertz CT molecular complexity index is 496. The third-order valence-electron chi connectivity index (χ3n) is 5.03. The summed E-state index contributed by atoms with van der Waals surface area (Å²) in [5, 5.41) is 9.23. The van der Waals surface area contributed by atoms with E-state index in [9.17, 15) is 14.7 Å². The van der Waals surface area contributed by atoms with Crippen molar-refractivity contribution in [3.05, 3.63) is 12.2 Å². The first-order chi connectivity index (χ1) is 18.2. The van der Waals surface area contributed by atoms with Gasteiger partial charge in [0.25, 0.3) is 0 Å². The molecule has 6 nitrogen and oxygen atoms in total. The number of esters is 1. The average Bonchev–Trinajstić information content (AvgIpc) is 2.91. The van der Waals surface area contributed by atoms with Crippen LogP contribution in [0, 0.1) is 11.8 Å². The second-order valence-electron chi connectivity index (χ2n) is 9.15. The van der Waals surface area contributed by atoms with E-state index in [1.165, 1.54) is 6.42 Å². The zero-order valence-electron chi connectivity index (χ0n) is 29.0. The second-order valence-corrected chi connectivity index (χ2v) is 9.15. The number of aliphatic hydroxyl groups is 1. The zero-order valence-corrected chi connectivity index (χ0v) is 31.8. The van der Waals surface area contributed by atoms with Gasteiger partial charge in [0.2, 0.25) is 5.91 Å². The molecule has 1 amide bonds. The molecule has 40 heavy (non-hydrogen) atoms. The van der Waals surface area contributed by atoms with Crippen molar-refractivity contribution in [3.63, 3.8) is 0 Å². The smallest absolute Gasteiger partial charge is 0.308 e. The summed E-state index contributed by atoms with van der Waals surface area (Å²) in [4.78, 5) is 28.4. The molecule has 0 bridgehead atoms. The van der Waals surface area contributed by atoms with Gasteiger partial charge in [0.05, 0.1) is 19.1 Å². The predicted octanol–water partition coefficient (Wildman–Crippen LogP) is 8.23. The fraction of sp³-hybridized carbons (Fsp3) is 0.875.